The van der Waals surface area contributed by atoms with E-state index >= 15 is 0 Å². The van der Waals surface area contributed by atoms with Crippen molar-refractivity contribution in [2.24, 2.45) is 5.73 Å². The van der Waals surface area contributed by atoms with Crippen molar-refractivity contribution in [1.29, 1.82) is 0 Å². The Kier molecular flexibility index (Phi) is 19.8. The van der Waals surface area contributed by atoms with Crippen LogP contribution in [0.3, 0.4) is 0 Å². The number of carbonyl (C=O) groups is 2. The molecule has 2 N–H and O–H groups in total. The fraction of sp³-hybridized carbons (Fsp3) is 0.913. The molecule has 1 unspecified atom stereocenters. The summed E-state index contributed by atoms with van der Waals surface area (Å²) in [5.74, 6) is -0.688. The van der Waals surface area contributed by atoms with E-state index in [1.165, 1.54) is 64.2 Å². The zero-order valence-electron chi connectivity index (χ0n) is 18.5. The summed E-state index contributed by atoms with van der Waals surface area (Å²) in [6, 6.07) is -0.740. The molecule has 1 atom stereocenters. The number of rotatable bonds is 20. The van der Waals surface area contributed by atoms with E-state index in [4.69, 9.17) is 15.2 Å². The second-order valence-corrected chi connectivity index (χ2v) is 7.78. The molecule has 0 aromatic heterocycles. The minimum absolute atomic E-state index is 0.171. The lowest BCUT2D eigenvalue weighted by Gasteiger charge is -2.11. The van der Waals surface area contributed by atoms with Crippen LogP contribution in [0.15, 0.2) is 0 Å². The van der Waals surface area contributed by atoms with Gasteiger partial charge < -0.3 is 15.2 Å². The third-order valence-corrected chi connectivity index (χ3v) is 4.97. The molecule has 0 aromatic carbocycles. The number of nitrogens with two attached hydrogens (primary N) is 1. The average molecular weight is 400 g/mol. The molecule has 5 heteroatoms. The van der Waals surface area contributed by atoms with Gasteiger partial charge >= 0.3 is 11.9 Å². The van der Waals surface area contributed by atoms with Crippen LogP contribution >= 0.6 is 0 Å². The Morgan fingerprint density at radius 3 is 1.61 bits per heavy atom. The van der Waals surface area contributed by atoms with Crippen molar-refractivity contribution in [3.8, 4) is 0 Å². The first-order valence-corrected chi connectivity index (χ1v) is 11.7. The number of ether oxygens (including phenoxy) is 2. The van der Waals surface area contributed by atoms with Crippen molar-refractivity contribution in [3.63, 3.8) is 0 Å². The molecule has 0 spiro atoms. The molecule has 0 bridgehead atoms. The highest BCUT2D eigenvalue weighted by molar-refractivity contribution is 5.77. The van der Waals surface area contributed by atoms with Gasteiger partial charge in [-0.25, -0.2) is 0 Å². The number of hydrogen-bond acceptors (Lipinski definition) is 5. The predicted molar refractivity (Wildman–Crippen MR) is 115 cm³/mol. The van der Waals surface area contributed by atoms with Gasteiger partial charge in [-0.1, -0.05) is 90.9 Å². The van der Waals surface area contributed by atoms with Crippen molar-refractivity contribution in [2.45, 2.75) is 123 Å². The highest BCUT2D eigenvalue weighted by atomic mass is 16.5. The Balaban J connectivity index is 3.50. The van der Waals surface area contributed by atoms with E-state index in [1.807, 2.05) is 0 Å². The highest BCUT2D eigenvalue weighted by Crippen LogP contribution is 2.09. The van der Waals surface area contributed by atoms with Crippen LogP contribution in [0, 0.1) is 0 Å². The highest BCUT2D eigenvalue weighted by Gasteiger charge is 2.17. The molecule has 5 nitrogen and oxygen atoms in total. The standard InChI is InChI=1S/C23H45NO4/c1-3-5-7-9-11-13-15-19-27-22(25)18-17-21(24)23(26)28-20-16-14-12-10-8-6-4-2/h21H,3-20,24H2,1-2H3. The summed E-state index contributed by atoms with van der Waals surface area (Å²) < 4.78 is 10.4. The maximum absolute atomic E-state index is 11.8. The minimum Gasteiger partial charge on any atom is -0.466 e. The van der Waals surface area contributed by atoms with Crippen molar-refractivity contribution in [1.82, 2.24) is 0 Å². The summed E-state index contributed by atoms with van der Waals surface area (Å²) in [6.07, 6.45) is 17.0. The lowest BCUT2D eigenvalue weighted by molar-refractivity contribution is -0.146. The molecule has 0 saturated heterocycles. The van der Waals surface area contributed by atoms with Gasteiger partial charge in [0.1, 0.15) is 6.04 Å². The molecule has 0 heterocycles. The third kappa shape index (κ3) is 18.3. The number of hydrogen-bond donors (Lipinski definition) is 1. The Labute approximate surface area is 173 Å². The molecule has 0 rings (SSSR count). The minimum atomic E-state index is -0.740. The lowest BCUT2D eigenvalue weighted by Crippen LogP contribution is -2.33. The van der Waals surface area contributed by atoms with Crippen LogP contribution in [0.2, 0.25) is 0 Å². The van der Waals surface area contributed by atoms with Crippen molar-refractivity contribution >= 4 is 11.9 Å². The van der Waals surface area contributed by atoms with Crippen molar-refractivity contribution in [2.75, 3.05) is 13.2 Å². The quantitative estimate of drug-likeness (QED) is 0.210. The van der Waals surface area contributed by atoms with Gasteiger partial charge in [-0.2, -0.15) is 0 Å². The molecule has 0 amide bonds. The van der Waals surface area contributed by atoms with E-state index in [-0.39, 0.29) is 18.8 Å². The Hall–Kier alpha value is -1.10. The fourth-order valence-corrected chi connectivity index (χ4v) is 3.05. The molecule has 0 aliphatic heterocycles. The van der Waals surface area contributed by atoms with Gasteiger partial charge in [-0.3, -0.25) is 9.59 Å². The molecule has 0 aromatic rings. The summed E-state index contributed by atoms with van der Waals surface area (Å²) >= 11 is 0. The Bertz CT molecular complexity index is 374. The van der Waals surface area contributed by atoms with Gasteiger partial charge in [0, 0.05) is 6.42 Å². The van der Waals surface area contributed by atoms with Gasteiger partial charge in [0.15, 0.2) is 0 Å². The van der Waals surface area contributed by atoms with Crippen LogP contribution in [0.25, 0.3) is 0 Å². The van der Waals surface area contributed by atoms with E-state index in [9.17, 15) is 9.59 Å². The van der Waals surface area contributed by atoms with E-state index < -0.39 is 12.0 Å². The summed E-state index contributed by atoms with van der Waals surface area (Å²) in [5.41, 5.74) is 5.81. The fourth-order valence-electron chi connectivity index (χ4n) is 3.05. The first-order chi connectivity index (χ1) is 13.6. The molecule has 0 aliphatic carbocycles. The maximum atomic E-state index is 11.8. The maximum Gasteiger partial charge on any atom is 0.322 e. The van der Waals surface area contributed by atoms with E-state index in [1.54, 1.807) is 0 Å². The SMILES string of the molecule is CCCCCCCCCOC(=O)CCC(N)C(=O)OCCCCCCCCC. The van der Waals surface area contributed by atoms with Crippen LogP contribution in [-0.4, -0.2) is 31.2 Å². The zero-order valence-corrected chi connectivity index (χ0v) is 18.5. The summed E-state index contributed by atoms with van der Waals surface area (Å²) in [6.45, 7) is 5.30. The molecule has 28 heavy (non-hydrogen) atoms. The monoisotopic (exact) mass is 399 g/mol. The molecule has 166 valence electrons. The van der Waals surface area contributed by atoms with Crippen LogP contribution in [-0.2, 0) is 19.1 Å². The van der Waals surface area contributed by atoms with Gasteiger partial charge in [0.2, 0.25) is 0 Å². The van der Waals surface area contributed by atoms with Gasteiger partial charge in [0.05, 0.1) is 13.2 Å². The largest absolute Gasteiger partial charge is 0.466 e. The summed E-state index contributed by atoms with van der Waals surface area (Å²) in [7, 11) is 0. The van der Waals surface area contributed by atoms with Crippen LogP contribution in [0.5, 0.6) is 0 Å². The van der Waals surface area contributed by atoms with E-state index in [0.717, 1.165) is 25.7 Å². The zero-order chi connectivity index (χ0) is 20.9. The Morgan fingerprint density at radius 2 is 1.11 bits per heavy atom. The molecular formula is C23H45NO4. The van der Waals surface area contributed by atoms with E-state index in [2.05, 4.69) is 13.8 Å². The van der Waals surface area contributed by atoms with Crippen LogP contribution < -0.4 is 5.73 Å². The molecule has 0 radical (unpaired) electrons. The topological polar surface area (TPSA) is 78.6 Å². The molecule has 0 aliphatic rings. The Morgan fingerprint density at radius 1 is 0.679 bits per heavy atom. The van der Waals surface area contributed by atoms with Gasteiger partial charge in [0.25, 0.3) is 0 Å². The lowest BCUT2D eigenvalue weighted by atomic mass is 10.1. The van der Waals surface area contributed by atoms with Gasteiger partial charge in [-0.15, -0.1) is 0 Å². The second-order valence-electron chi connectivity index (χ2n) is 7.78. The van der Waals surface area contributed by atoms with Crippen LogP contribution in [0.1, 0.15) is 117 Å². The third-order valence-electron chi connectivity index (χ3n) is 4.97. The van der Waals surface area contributed by atoms with Crippen molar-refractivity contribution < 1.29 is 19.1 Å². The number of carbonyl (C=O) groups excluding carboxylic acids is 2. The first kappa shape index (κ1) is 26.9. The molecule has 0 saturated carbocycles. The summed E-state index contributed by atoms with van der Waals surface area (Å²) in [4.78, 5) is 23.6. The normalized spacial score (nSPS) is 12.0. The smallest absolute Gasteiger partial charge is 0.322 e. The van der Waals surface area contributed by atoms with Gasteiger partial charge in [-0.05, 0) is 19.3 Å². The predicted octanol–water partition coefficient (Wildman–Crippen LogP) is 5.68. The summed E-state index contributed by atoms with van der Waals surface area (Å²) in [5, 5.41) is 0. The van der Waals surface area contributed by atoms with E-state index in [0.29, 0.717) is 13.2 Å². The second kappa shape index (κ2) is 20.6. The number of esters is 2. The van der Waals surface area contributed by atoms with Crippen LogP contribution in [0.4, 0.5) is 0 Å². The molecule has 0 fully saturated rings. The first-order valence-electron chi connectivity index (χ1n) is 11.7. The molecular weight excluding hydrogens is 354 g/mol. The number of unbranched alkanes of at least 4 members (excludes halogenated alkanes) is 12. The average Bonchev–Trinajstić information content (AvgIpc) is 2.69. The van der Waals surface area contributed by atoms with Crippen molar-refractivity contribution in [3.05, 3.63) is 0 Å².